The van der Waals surface area contributed by atoms with Gasteiger partial charge in [-0.05, 0) is 12.0 Å². The minimum Gasteiger partial charge on any atom is -0.376 e. The first-order chi connectivity index (χ1) is 8.04. The van der Waals surface area contributed by atoms with Crippen molar-refractivity contribution in [3.8, 4) is 0 Å². The van der Waals surface area contributed by atoms with Crippen LogP contribution in [0.1, 0.15) is 19.4 Å². The molecule has 0 heterocycles. The Hall–Kier alpha value is -1.66. The number of hydrogen-bond acceptors (Lipinski definition) is 5. The zero-order valence-corrected chi connectivity index (χ0v) is 9.97. The Morgan fingerprint density at radius 3 is 2.76 bits per heavy atom. The van der Waals surface area contributed by atoms with Gasteiger partial charge in [0.2, 0.25) is 0 Å². The average Bonchev–Trinajstić information content (AvgIpc) is 2.28. The predicted molar refractivity (Wildman–Crippen MR) is 65.4 cm³/mol. The third kappa shape index (κ3) is 4.01. The monoisotopic (exact) mass is 239 g/mol. The van der Waals surface area contributed by atoms with Gasteiger partial charge < -0.3 is 10.2 Å². The topological polar surface area (TPSA) is 90.4 Å². The van der Waals surface area contributed by atoms with E-state index < -0.39 is 4.92 Å². The van der Waals surface area contributed by atoms with Gasteiger partial charge in [-0.2, -0.15) is 0 Å². The maximum atomic E-state index is 10.6. The molecule has 0 atom stereocenters. The fourth-order valence-electron chi connectivity index (χ4n) is 1.36. The molecule has 6 nitrogen and oxygen atoms in total. The lowest BCUT2D eigenvalue weighted by Gasteiger charge is -2.10. The van der Waals surface area contributed by atoms with Crippen LogP contribution in [0.3, 0.4) is 0 Å². The number of non-ortho nitro benzene ring substituents is 1. The number of ether oxygens (including phenoxy) is 1. The average molecular weight is 239 g/mol. The van der Waals surface area contributed by atoms with E-state index in [0.29, 0.717) is 30.4 Å². The maximum absolute atomic E-state index is 10.6. The highest BCUT2D eigenvalue weighted by Gasteiger charge is 2.10. The molecule has 1 aromatic carbocycles. The molecule has 6 heteroatoms. The number of nitro groups is 1. The number of nitrogens with zero attached hydrogens (tertiary/aromatic N) is 1. The lowest BCUT2D eigenvalue weighted by Crippen LogP contribution is -2.11. The van der Waals surface area contributed by atoms with Crippen molar-refractivity contribution in [1.29, 1.82) is 0 Å². The Kier molecular flexibility index (Phi) is 4.86. The number of hydrazine groups is 1. The van der Waals surface area contributed by atoms with Gasteiger partial charge >= 0.3 is 0 Å². The third-order valence-corrected chi connectivity index (χ3v) is 2.16. The van der Waals surface area contributed by atoms with E-state index in [4.69, 9.17) is 10.6 Å². The van der Waals surface area contributed by atoms with Crippen molar-refractivity contribution in [2.75, 3.05) is 12.0 Å². The summed E-state index contributed by atoms with van der Waals surface area (Å²) in [5, 5.41) is 10.6. The van der Waals surface area contributed by atoms with Crippen molar-refractivity contribution in [3.63, 3.8) is 0 Å². The van der Waals surface area contributed by atoms with Crippen LogP contribution in [0.15, 0.2) is 18.2 Å². The van der Waals surface area contributed by atoms with Crippen LogP contribution in [0.2, 0.25) is 0 Å². The summed E-state index contributed by atoms with van der Waals surface area (Å²) >= 11 is 0. The second-order valence-corrected chi connectivity index (χ2v) is 4.15. The summed E-state index contributed by atoms with van der Waals surface area (Å²) in [6, 6.07) is 4.45. The molecule has 0 spiro atoms. The Balaban J connectivity index is 2.79. The lowest BCUT2D eigenvalue weighted by molar-refractivity contribution is -0.384. The van der Waals surface area contributed by atoms with Crippen molar-refractivity contribution in [3.05, 3.63) is 33.9 Å². The molecule has 0 aliphatic carbocycles. The van der Waals surface area contributed by atoms with Crippen molar-refractivity contribution in [1.82, 2.24) is 0 Å². The van der Waals surface area contributed by atoms with Gasteiger partial charge in [-0.25, -0.2) is 0 Å². The lowest BCUT2D eigenvalue weighted by atomic mass is 10.1. The van der Waals surface area contributed by atoms with Gasteiger partial charge in [0.15, 0.2) is 0 Å². The number of nitro benzene ring substituents is 1. The SMILES string of the molecule is CC(C)COCc1cc([N+](=O)[O-])ccc1NN. The smallest absolute Gasteiger partial charge is 0.269 e. The van der Waals surface area contributed by atoms with E-state index in [0.717, 1.165) is 0 Å². The van der Waals surface area contributed by atoms with Crippen LogP contribution in [0.4, 0.5) is 11.4 Å². The number of rotatable bonds is 6. The van der Waals surface area contributed by atoms with E-state index in [1.807, 2.05) is 13.8 Å². The Bertz CT molecular complexity index is 394. The zero-order chi connectivity index (χ0) is 12.8. The van der Waals surface area contributed by atoms with Crippen molar-refractivity contribution < 1.29 is 9.66 Å². The molecule has 0 amide bonds. The molecule has 1 rings (SSSR count). The number of hydrogen-bond donors (Lipinski definition) is 2. The van der Waals surface area contributed by atoms with Gasteiger partial charge in [-0.1, -0.05) is 13.8 Å². The summed E-state index contributed by atoms with van der Waals surface area (Å²) in [6.07, 6.45) is 0. The fraction of sp³-hybridized carbons (Fsp3) is 0.455. The van der Waals surface area contributed by atoms with Crippen LogP contribution < -0.4 is 11.3 Å². The molecule has 0 fully saturated rings. The zero-order valence-electron chi connectivity index (χ0n) is 9.97. The summed E-state index contributed by atoms with van der Waals surface area (Å²) in [5.74, 6) is 5.75. The largest absolute Gasteiger partial charge is 0.376 e. The van der Waals surface area contributed by atoms with Crippen LogP contribution in [0, 0.1) is 16.0 Å². The van der Waals surface area contributed by atoms with Crippen LogP contribution in [-0.2, 0) is 11.3 Å². The van der Waals surface area contributed by atoms with E-state index in [1.165, 1.54) is 12.1 Å². The Morgan fingerprint density at radius 1 is 1.53 bits per heavy atom. The summed E-state index contributed by atoms with van der Waals surface area (Å²) in [5.41, 5.74) is 3.85. The van der Waals surface area contributed by atoms with E-state index in [2.05, 4.69) is 5.43 Å². The number of benzene rings is 1. The molecule has 0 unspecified atom stereocenters. The number of anilines is 1. The minimum atomic E-state index is -0.438. The Labute approximate surface area is 99.9 Å². The van der Waals surface area contributed by atoms with Gasteiger partial charge in [0.05, 0.1) is 17.2 Å². The highest BCUT2D eigenvalue weighted by Crippen LogP contribution is 2.22. The molecule has 17 heavy (non-hydrogen) atoms. The van der Waals surface area contributed by atoms with Gasteiger partial charge in [0.25, 0.3) is 5.69 Å². The molecule has 3 N–H and O–H groups in total. The van der Waals surface area contributed by atoms with Gasteiger partial charge in [0, 0.05) is 24.3 Å². The number of nitrogens with one attached hydrogen (secondary N) is 1. The van der Waals surface area contributed by atoms with E-state index in [9.17, 15) is 10.1 Å². The van der Waals surface area contributed by atoms with E-state index >= 15 is 0 Å². The molecule has 0 saturated carbocycles. The van der Waals surface area contributed by atoms with Gasteiger partial charge in [-0.3, -0.25) is 16.0 Å². The summed E-state index contributed by atoms with van der Waals surface area (Å²) in [4.78, 5) is 10.2. The first-order valence-corrected chi connectivity index (χ1v) is 5.36. The standard InChI is InChI=1S/C11H17N3O3/c1-8(2)6-17-7-9-5-10(14(15)16)3-4-11(9)13-12/h3-5,8,13H,6-7,12H2,1-2H3. The minimum absolute atomic E-state index is 0.0344. The highest BCUT2D eigenvalue weighted by molar-refractivity contribution is 5.55. The molecular formula is C11H17N3O3. The maximum Gasteiger partial charge on any atom is 0.269 e. The quantitative estimate of drug-likeness (QED) is 0.450. The van der Waals surface area contributed by atoms with Crippen molar-refractivity contribution in [2.45, 2.75) is 20.5 Å². The molecule has 0 radical (unpaired) electrons. The van der Waals surface area contributed by atoms with Crippen LogP contribution in [-0.4, -0.2) is 11.5 Å². The summed E-state index contributed by atoms with van der Waals surface area (Å²) in [6.45, 7) is 4.98. The Morgan fingerprint density at radius 2 is 2.24 bits per heavy atom. The number of nitrogens with two attached hydrogens (primary N) is 1. The second-order valence-electron chi connectivity index (χ2n) is 4.15. The number of nitrogen functional groups attached to an aromatic ring is 1. The summed E-state index contributed by atoms with van der Waals surface area (Å²) in [7, 11) is 0. The van der Waals surface area contributed by atoms with Crippen molar-refractivity contribution >= 4 is 11.4 Å². The first-order valence-electron chi connectivity index (χ1n) is 5.36. The molecule has 0 aliphatic rings. The van der Waals surface area contributed by atoms with E-state index in [-0.39, 0.29) is 5.69 Å². The van der Waals surface area contributed by atoms with E-state index in [1.54, 1.807) is 6.07 Å². The first kappa shape index (κ1) is 13.4. The molecule has 94 valence electrons. The normalized spacial score (nSPS) is 10.6. The predicted octanol–water partition coefficient (Wildman–Crippen LogP) is 2.05. The van der Waals surface area contributed by atoms with Gasteiger partial charge in [-0.15, -0.1) is 0 Å². The molecule has 0 saturated heterocycles. The molecular weight excluding hydrogens is 222 g/mol. The van der Waals surface area contributed by atoms with Crippen LogP contribution >= 0.6 is 0 Å². The highest BCUT2D eigenvalue weighted by atomic mass is 16.6. The molecule has 0 aliphatic heterocycles. The van der Waals surface area contributed by atoms with Crippen LogP contribution in [0.5, 0.6) is 0 Å². The van der Waals surface area contributed by atoms with Gasteiger partial charge in [0.1, 0.15) is 0 Å². The second kappa shape index (κ2) is 6.17. The molecule has 0 bridgehead atoms. The van der Waals surface area contributed by atoms with Crippen LogP contribution in [0.25, 0.3) is 0 Å². The molecule has 1 aromatic rings. The van der Waals surface area contributed by atoms with Crippen molar-refractivity contribution in [2.24, 2.45) is 11.8 Å². The third-order valence-electron chi connectivity index (χ3n) is 2.16. The molecule has 0 aromatic heterocycles. The summed E-state index contributed by atoms with van der Waals surface area (Å²) < 4.78 is 5.44. The fourth-order valence-corrected chi connectivity index (χ4v) is 1.36.